The van der Waals surface area contributed by atoms with Crippen LogP contribution in [0.5, 0.6) is 0 Å². The van der Waals surface area contributed by atoms with E-state index in [-0.39, 0.29) is 0 Å². The standard InChI is InChI=1S/C20H26N6/c1-15-9-10-24(11-12-25(15)13-18-7-5-4-6-8-18)19-16(2)17(3)23-20-21-14-22-26(19)20/h4-8,14-15H,9-13H2,1-3H3. The van der Waals surface area contributed by atoms with Crippen LogP contribution in [0, 0.1) is 13.8 Å². The van der Waals surface area contributed by atoms with Gasteiger partial charge in [0, 0.05) is 43.5 Å². The summed E-state index contributed by atoms with van der Waals surface area (Å²) in [5.41, 5.74) is 3.59. The lowest BCUT2D eigenvalue weighted by molar-refractivity contribution is 0.212. The highest BCUT2D eigenvalue weighted by atomic mass is 15.4. The Balaban J connectivity index is 1.59. The van der Waals surface area contributed by atoms with Crippen LogP contribution in [0.2, 0.25) is 0 Å². The van der Waals surface area contributed by atoms with Gasteiger partial charge < -0.3 is 4.90 Å². The third-order valence-corrected chi connectivity index (χ3v) is 5.50. The van der Waals surface area contributed by atoms with Crippen molar-refractivity contribution < 1.29 is 0 Å². The highest BCUT2D eigenvalue weighted by molar-refractivity contribution is 5.54. The molecular weight excluding hydrogens is 324 g/mol. The quantitative estimate of drug-likeness (QED) is 0.727. The molecule has 0 bridgehead atoms. The smallest absolute Gasteiger partial charge is 0.254 e. The summed E-state index contributed by atoms with van der Waals surface area (Å²) in [7, 11) is 0. The molecule has 26 heavy (non-hydrogen) atoms. The van der Waals surface area contributed by atoms with Crippen molar-refractivity contribution in [3.63, 3.8) is 0 Å². The summed E-state index contributed by atoms with van der Waals surface area (Å²) in [4.78, 5) is 13.9. The van der Waals surface area contributed by atoms with Gasteiger partial charge in [0.15, 0.2) is 0 Å². The Morgan fingerprint density at radius 2 is 1.88 bits per heavy atom. The fourth-order valence-electron chi connectivity index (χ4n) is 3.76. The number of aryl methyl sites for hydroxylation is 1. The van der Waals surface area contributed by atoms with Crippen molar-refractivity contribution in [1.29, 1.82) is 0 Å². The second-order valence-corrected chi connectivity index (χ2v) is 7.20. The van der Waals surface area contributed by atoms with Crippen molar-refractivity contribution in [3.8, 4) is 0 Å². The minimum Gasteiger partial charge on any atom is -0.355 e. The van der Waals surface area contributed by atoms with E-state index in [4.69, 9.17) is 0 Å². The minimum atomic E-state index is 0.551. The van der Waals surface area contributed by atoms with E-state index in [2.05, 4.69) is 76.0 Å². The average molecular weight is 350 g/mol. The first-order chi connectivity index (χ1) is 12.6. The molecule has 1 atom stereocenters. The zero-order valence-electron chi connectivity index (χ0n) is 15.8. The third kappa shape index (κ3) is 3.17. The molecule has 6 heteroatoms. The number of fused-ring (bicyclic) bond motifs is 1. The van der Waals surface area contributed by atoms with Crippen molar-refractivity contribution in [2.24, 2.45) is 0 Å². The first-order valence-corrected chi connectivity index (χ1v) is 9.33. The third-order valence-electron chi connectivity index (χ3n) is 5.50. The number of nitrogens with zero attached hydrogens (tertiary/aromatic N) is 6. The number of hydrogen-bond donors (Lipinski definition) is 0. The Labute approximate surface area is 154 Å². The molecule has 6 nitrogen and oxygen atoms in total. The van der Waals surface area contributed by atoms with Gasteiger partial charge in [0.05, 0.1) is 0 Å². The summed E-state index contributed by atoms with van der Waals surface area (Å²) >= 11 is 0. The molecule has 0 saturated carbocycles. The highest BCUT2D eigenvalue weighted by Gasteiger charge is 2.24. The van der Waals surface area contributed by atoms with Crippen LogP contribution in [-0.2, 0) is 6.54 Å². The first-order valence-electron chi connectivity index (χ1n) is 9.33. The van der Waals surface area contributed by atoms with Gasteiger partial charge in [0.1, 0.15) is 12.1 Å². The lowest BCUT2D eigenvalue weighted by atomic mass is 10.1. The van der Waals surface area contributed by atoms with Crippen LogP contribution in [0.15, 0.2) is 36.7 Å². The molecule has 1 fully saturated rings. The topological polar surface area (TPSA) is 49.6 Å². The van der Waals surface area contributed by atoms with Crippen LogP contribution in [-0.4, -0.2) is 50.2 Å². The molecule has 0 radical (unpaired) electrons. The molecule has 0 amide bonds. The van der Waals surface area contributed by atoms with Crippen LogP contribution in [0.25, 0.3) is 5.78 Å². The number of rotatable bonds is 3. The Hall–Kier alpha value is -2.47. The molecule has 1 aromatic carbocycles. The fraction of sp³-hybridized carbons (Fsp3) is 0.450. The van der Waals surface area contributed by atoms with E-state index < -0.39 is 0 Å². The Bertz CT molecular complexity index is 888. The molecule has 3 heterocycles. The van der Waals surface area contributed by atoms with Crippen molar-refractivity contribution in [2.75, 3.05) is 24.5 Å². The van der Waals surface area contributed by atoms with Crippen molar-refractivity contribution >= 4 is 11.6 Å². The van der Waals surface area contributed by atoms with E-state index in [0.717, 1.165) is 44.1 Å². The van der Waals surface area contributed by atoms with E-state index in [1.54, 1.807) is 6.33 Å². The van der Waals surface area contributed by atoms with Gasteiger partial charge in [-0.2, -0.15) is 14.6 Å². The number of benzene rings is 1. The average Bonchev–Trinajstić information content (AvgIpc) is 3.03. The van der Waals surface area contributed by atoms with Crippen LogP contribution >= 0.6 is 0 Å². The van der Waals surface area contributed by atoms with Gasteiger partial charge in [-0.3, -0.25) is 4.90 Å². The number of hydrogen-bond acceptors (Lipinski definition) is 5. The Morgan fingerprint density at radius 3 is 2.69 bits per heavy atom. The number of aromatic nitrogens is 4. The first kappa shape index (κ1) is 17.0. The van der Waals surface area contributed by atoms with Crippen LogP contribution < -0.4 is 4.90 Å². The molecule has 0 N–H and O–H groups in total. The largest absolute Gasteiger partial charge is 0.355 e. The summed E-state index contributed by atoms with van der Waals surface area (Å²) < 4.78 is 1.89. The maximum absolute atomic E-state index is 4.55. The summed E-state index contributed by atoms with van der Waals surface area (Å²) in [6.45, 7) is 10.6. The SMILES string of the molecule is Cc1nc2ncnn2c(N2CCC(C)N(Cc3ccccc3)CC2)c1C. The number of anilines is 1. The predicted molar refractivity (Wildman–Crippen MR) is 103 cm³/mol. The molecule has 1 aliphatic heterocycles. The van der Waals surface area contributed by atoms with Crippen molar-refractivity contribution in [2.45, 2.75) is 39.8 Å². The molecular formula is C20H26N6. The van der Waals surface area contributed by atoms with Crippen molar-refractivity contribution in [3.05, 3.63) is 53.5 Å². The lowest BCUT2D eigenvalue weighted by Crippen LogP contribution is -2.34. The summed E-state index contributed by atoms with van der Waals surface area (Å²) in [6.07, 6.45) is 2.72. The maximum atomic E-state index is 4.55. The molecule has 136 valence electrons. The zero-order chi connectivity index (χ0) is 18.1. The van der Waals surface area contributed by atoms with Crippen LogP contribution in [0.1, 0.15) is 30.2 Å². The van der Waals surface area contributed by atoms with E-state index in [1.807, 2.05) is 4.52 Å². The van der Waals surface area contributed by atoms with Gasteiger partial charge >= 0.3 is 0 Å². The van der Waals surface area contributed by atoms with Gasteiger partial charge in [-0.15, -0.1) is 0 Å². The maximum Gasteiger partial charge on any atom is 0.254 e. The minimum absolute atomic E-state index is 0.551. The molecule has 0 spiro atoms. The molecule has 2 aromatic heterocycles. The van der Waals surface area contributed by atoms with Crippen molar-refractivity contribution in [1.82, 2.24) is 24.5 Å². The van der Waals surface area contributed by atoms with Gasteiger partial charge in [-0.1, -0.05) is 30.3 Å². The van der Waals surface area contributed by atoms with Gasteiger partial charge in [-0.25, -0.2) is 4.98 Å². The van der Waals surface area contributed by atoms with E-state index in [0.29, 0.717) is 11.8 Å². The summed E-state index contributed by atoms with van der Waals surface area (Å²) in [5.74, 6) is 1.82. The fourth-order valence-corrected chi connectivity index (χ4v) is 3.76. The summed E-state index contributed by atoms with van der Waals surface area (Å²) in [6, 6.07) is 11.3. The van der Waals surface area contributed by atoms with E-state index in [9.17, 15) is 0 Å². The molecule has 1 saturated heterocycles. The normalized spacial score (nSPS) is 19.0. The summed E-state index contributed by atoms with van der Waals surface area (Å²) in [5, 5.41) is 4.42. The molecule has 1 unspecified atom stereocenters. The monoisotopic (exact) mass is 350 g/mol. The zero-order valence-corrected chi connectivity index (χ0v) is 15.8. The van der Waals surface area contributed by atoms with Gasteiger partial charge in [0.25, 0.3) is 5.78 Å². The van der Waals surface area contributed by atoms with Gasteiger partial charge in [0.2, 0.25) is 0 Å². The van der Waals surface area contributed by atoms with E-state index in [1.165, 1.54) is 11.1 Å². The second kappa shape index (κ2) is 7.03. The van der Waals surface area contributed by atoms with Crippen LogP contribution in [0.4, 0.5) is 5.82 Å². The Kier molecular flexibility index (Phi) is 4.59. The molecule has 4 rings (SSSR count). The highest BCUT2D eigenvalue weighted by Crippen LogP contribution is 2.25. The second-order valence-electron chi connectivity index (χ2n) is 7.20. The Morgan fingerprint density at radius 1 is 1.08 bits per heavy atom. The van der Waals surface area contributed by atoms with Crippen LogP contribution in [0.3, 0.4) is 0 Å². The lowest BCUT2D eigenvalue weighted by Gasteiger charge is -2.27. The van der Waals surface area contributed by atoms with Gasteiger partial charge in [-0.05, 0) is 32.8 Å². The molecule has 0 aliphatic carbocycles. The predicted octanol–water partition coefficient (Wildman–Crippen LogP) is 2.84. The van der Waals surface area contributed by atoms with E-state index >= 15 is 0 Å². The molecule has 1 aliphatic rings. The molecule has 3 aromatic rings.